The number of ether oxygens (including phenoxy) is 1. The van der Waals surface area contributed by atoms with Crippen molar-refractivity contribution in [1.29, 1.82) is 0 Å². The summed E-state index contributed by atoms with van der Waals surface area (Å²) in [4.78, 5) is 27.5. The number of halogens is 1. The minimum absolute atomic E-state index is 0.0870. The van der Waals surface area contributed by atoms with Crippen molar-refractivity contribution in [2.24, 2.45) is 5.41 Å². The van der Waals surface area contributed by atoms with Crippen molar-refractivity contribution in [1.82, 2.24) is 4.90 Å². The molecule has 0 saturated heterocycles. The Morgan fingerprint density at radius 2 is 1.76 bits per heavy atom. The summed E-state index contributed by atoms with van der Waals surface area (Å²) < 4.78 is 5.32. The maximum Gasteiger partial charge on any atom is 0.337 e. The number of carbonyl (C=O) groups is 2. The van der Waals surface area contributed by atoms with E-state index < -0.39 is 0 Å². The molecule has 4 nitrogen and oxygen atoms in total. The van der Waals surface area contributed by atoms with Crippen LogP contribution in [0.3, 0.4) is 0 Å². The van der Waals surface area contributed by atoms with Crippen LogP contribution in [0.2, 0.25) is 5.02 Å². The van der Waals surface area contributed by atoms with Crippen LogP contribution in [-0.2, 0) is 14.3 Å². The zero-order valence-corrected chi connectivity index (χ0v) is 15.3. The second kappa shape index (κ2) is 5.46. The fraction of sp³-hybridized carbons (Fsp3) is 0.400. The second-order valence-corrected chi connectivity index (χ2v) is 8.22. The molecule has 0 saturated carbocycles. The lowest BCUT2D eigenvalue weighted by atomic mass is 9.68. The minimum Gasteiger partial charge on any atom is -0.456 e. The number of Topliss-reactive ketones (excluding diaryl/α,β-unsaturated/α-hetero) is 1. The number of esters is 1. The molecule has 5 heteroatoms. The van der Waals surface area contributed by atoms with E-state index in [0.717, 1.165) is 29.0 Å². The number of hydrogen-bond donors (Lipinski definition) is 0. The molecule has 130 valence electrons. The van der Waals surface area contributed by atoms with E-state index in [2.05, 4.69) is 13.8 Å². The highest BCUT2D eigenvalue weighted by molar-refractivity contribution is 6.30. The van der Waals surface area contributed by atoms with Crippen LogP contribution >= 0.6 is 11.6 Å². The summed E-state index contributed by atoms with van der Waals surface area (Å²) in [6.45, 7) is 4.49. The van der Waals surface area contributed by atoms with E-state index in [1.807, 2.05) is 24.1 Å². The Bertz CT molecular complexity index is 848. The van der Waals surface area contributed by atoms with Crippen molar-refractivity contribution in [3.05, 3.63) is 57.4 Å². The molecule has 0 bridgehead atoms. The molecule has 0 amide bonds. The zero-order chi connectivity index (χ0) is 17.9. The summed E-state index contributed by atoms with van der Waals surface area (Å²) in [5.41, 5.74) is 4.03. The largest absolute Gasteiger partial charge is 0.456 e. The molecule has 0 aromatic heterocycles. The van der Waals surface area contributed by atoms with E-state index >= 15 is 0 Å². The lowest BCUT2D eigenvalue weighted by molar-refractivity contribution is -0.136. The average molecular weight is 358 g/mol. The molecular weight excluding hydrogens is 338 g/mol. The maximum atomic E-state index is 13.1. The number of allylic oxidation sites excluding steroid dienone is 2. The number of benzene rings is 1. The molecule has 0 radical (unpaired) electrons. The molecule has 1 aromatic rings. The van der Waals surface area contributed by atoms with Crippen LogP contribution in [-0.4, -0.2) is 30.3 Å². The van der Waals surface area contributed by atoms with Crippen molar-refractivity contribution in [3.8, 4) is 0 Å². The van der Waals surface area contributed by atoms with Gasteiger partial charge in [-0.05, 0) is 29.5 Å². The first kappa shape index (κ1) is 16.4. The van der Waals surface area contributed by atoms with Gasteiger partial charge in [0.05, 0.1) is 11.3 Å². The summed E-state index contributed by atoms with van der Waals surface area (Å²) in [5.74, 6) is -0.577. The quantitative estimate of drug-likeness (QED) is 0.717. The molecular formula is C20H20ClNO3. The van der Waals surface area contributed by atoms with E-state index in [9.17, 15) is 9.59 Å². The number of rotatable bonds is 1. The van der Waals surface area contributed by atoms with Gasteiger partial charge in [0.25, 0.3) is 0 Å². The van der Waals surface area contributed by atoms with Gasteiger partial charge >= 0.3 is 5.97 Å². The molecule has 3 aliphatic rings. The fourth-order valence-corrected chi connectivity index (χ4v) is 4.32. The molecule has 0 N–H and O–H groups in total. The Morgan fingerprint density at radius 3 is 2.44 bits per heavy atom. The van der Waals surface area contributed by atoms with Gasteiger partial charge in [0.1, 0.15) is 6.61 Å². The Morgan fingerprint density at radius 1 is 1.08 bits per heavy atom. The van der Waals surface area contributed by atoms with Crippen molar-refractivity contribution in [2.75, 3.05) is 13.7 Å². The monoisotopic (exact) mass is 357 g/mol. The molecule has 1 aromatic carbocycles. The SMILES string of the molecule is CN1C2=C(C(=O)CC(C)(C)C2)C(c2ccc(Cl)cc2)C2=C1COC2=O. The second-order valence-electron chi connectivity index (χ2n) is 7.78. The van der Waals surface area contributed by atoms with Crippen LogP contribution in [0, 0.1) is 5.41 Å². The van der Waals surface area contributed by atoms with Crippen LogP contribution in [0.5, 0.6) is 0 Å². The van der Waals surface area contributed by atoms with Gasteiger partial charge in [-0.25, -0.2) is 4.79 Å². The third-order valence-electron chi connectivity index (χ3n) is 5.36. The first-order valence-corrected chi connectivity index (χ1v) is 8.82. The molecule has 25 heavy (non-hydrogen) atoms. The van der Waals surface area contributed by atoms with Crippen molar-refractivity contribution in [3.63, 3.8) is 0 Å². The van der Waals surface area contributed by atoms with Gasteiger partial charge in [-0.1, -0.05) is 37.6 Å². The summed E-state index contributed by atoms with van der Waals surface area (Å²) in [6.07, 6.45) is 1.29. The highest BCUT2D eigenvalue weighted by atomic mass is 35.5. The number of carbonyl (C=O) groups excluding carboxylic acids is 2. The lowest BCUT2D eigenvalue weighted by Crippen LogP contribution is -2.38. The summed E-state index contributed by atoms with van der Waals surface area (Å²) in [5, 5.41) is 0.630. The van der Waals surface area contributed by atoms with Crippen LogP contribution in [0.4, 0.5) is 0 Å². The van der Waals surface area contributed by atoms with Crippen LogP contribution in [0.25, 0.3) is 0 Å². The zero-order valence-electron chi connectivity index (χ0n) is 14.6. The topological polar surface area (TPSA) is 46.6 Å². The molecule has 0 spiro atoms. The maximum absolute atomic E-state index is 13.1. The van der Waals surface area contributed by atoms with Crippen molar-refractivity contribution < 1.29 is 14.3 Å². The van der Waals surface area contributed by atoms with Crippen molar-refractivity contribution >= 4 is 23.4 Å². The van der Waals surface area contributed by atoms with Gasteiger partial charge in [0.15, 0.2) is 5.78 Å². The number of hydrogen-bond acceptors (Lipinski definition) is 4. The third kappa shape index (κ3) is 2.51. The van der Waals surface area contributed by atoms with E-state index in [0.29, 0.717) is 17.0 Å². The van der Waals surface area contributed by atoms with Gasteiger partial charge in [0.2, 0.25) is 0 Å². The first-order valence-electron chi connectivity index (χ1n) is 8.44. The number of ketones is 1. The van der Waals surface area contributed by atoms with Gasteiger partial charge in [0, 0.05) is 35.7 Å². The first-order chi connectivity index (χ1) is 11.8. The van der Waals surface area contributed by atoms with Gasteiger partial charge in [-0.2, -0.15) is 0 Å². The van der Waals surface area contributed by atoms with Crippen LogP contribution in [0.15, 0.2) is 46.8 Å². The molecule has 1 aliphatic carbocycles. The highest BCUT2D eigenvalue weighted by Crippen LogP contribution is 2.50. The Kier molecular flexibility index (Phi) is 3.58. The number of cyclic esters (lactones) is 1. The summed E-state index contributed by atoms with van der Waals surface area (Å²) in [6, 6.07) is 7.39. The average Bonchev–Trinajstić information content (AvgIpc) is 2.91. The lowest BCUT2D eigenvalue weighted by Gasteiger charge is -2.42. The van der Waals surface area contributed by atoms with E-state index in [1.54, 1.807) is 12.1 Å². The predicted octanol–water partition coefficient (Wildman–Crippen LogP) is 3.82. The summed E-state index contributed by atoms with van der Waals surface area (Å²) >= 11 is 6.03. The van der Waals surface area contributed by atoms with Gasteiger partial charge in [-0.15, -0.1) is 0 Å². The van der Waals surface area contributed by atoms with Gasteiger partial charge in [-0.3, -0.25) is 4.79 Å². The van der Waals surface area contributed by atoms with E-state index in [1.165, 1.54) is 0 Å². The molecule has 1 atom stereocenters. The smallest absolute Gasteiger partial charge is 0.337 e. The fourth-order valence-electron chi connectivity index (χ4n) is 4.19. The van der Waals surface area contributed by atoms with Crippen LogP contribution < -0.4 is 0 Å². The van der Waals surface area contributed by atoms with E-state index in [-0.39, 0.29) is 29.7 Å². The van der Waals surface area contributed by atoms with Gasteiger partial charge < -0.3 is 9.64 Å². The minimum atomic E-state index is -0.364. The Labute approximate surface area is 152 Å². The predicted molar refractivity (Wildman–Crippen MR) is 95.0 cm³/mol. The molecule has 2 aliphatic heterocycles. The normalized spacial score (nSPS) is 25.1. The van der Waals surface area contributed by atoms with Crippen LogP contribution in [0.1, 0.15) is 38.2 Å². The third-order valence-corrected chi connectivity index (χ3v) is 5.61. The Hall–Kier alpha value is -2.07. The number of nitrogens with zero attached hydrogens (tertiary/aromatic N) is 1. The number of likely N-dealkylation sites (N-methyl/N-ethyl adjacent to an activating group) is 1. The van der Waals surface area contributed by atoms with E-state index in [4.69, 9.17) is 16.3 Å². The Balaban J connectivity index is 1.93. The summed E-state index contributed by atoms with van der Waals surface area (Å²) in [7, 11) is 1.93. The molecule has 0 fully saturated rings. The molecule has 1 unspecified atom stereocenters. The standard InChI is InChI=1S/C20H20ClNO3/c1-20(2)8-13-17(15(23)9-20)16(11-4-6-12(21)7-5-11)18-14(22(13)3)10-25-19(18)24/h4-7,16H,8-10H2,1-3H3. The highest BCUT2D eigenvalue weighted by Gasteiger charge is 2.47. The molecule has 2 heterocycles. The molecule has 4 rings (SSSR count). The van der Waals surface area contributed by atoms with Crippen molar-refractivity contribution in [2.45, 2.75) is 32.6 Å².